The first-order valence-corrected chi connectivity index (χ1v) is 6.75. The summed E-state index contributed by atoms with van der Waals surface area (Å²) in [5.74, 6) is -1.11. The van der Waals surface area contributed by atoms with E-state index in [9.17, 15) is 14.3 Å². The van der Waals surface area contributed by atoms with Crippen LogP contribution in [0.15, 0.2) is 36.5 Å². The molecular weight excluding hydrogens is 318 g/mol. The number of aliphatic hydroxyl groups excluding tert-OH is 1. The lowest BCUT2D eigenvalue weighted by atomic mass is 10.1. The maximum atomic E-state index is 13.3. The summed E-state index contributed by atoms with van der Waals surface area (Å²) >= 11 is 11.3. The van der Waals surface area contributed by atoms with Crippen LogP contribution in [-0.2, 0) is 0 Å². The quantitative estimate of drug-likeness (QED) is 0.906. The van der Waals surface area contributed by atoms with Crippen molar-refractivity contribution in [2.24, 2.45) is 0 Å². The van der Waals surface area contributed by atoms with Gasteiger partial charge in [-0.05, 0) is 29.8 Å². The van der Waals surface area contributed by atoms with Gasteiger partial charge in [-0.25, -0.2) is 4.39 Å². The predicted molar refractivity (Wildman–Crippen MR) is 78.0 cm³/mol. The molecule has 0 aliphatic heterocycles. The minimum atomic E-state index is -1.06. The maximum absolute atomic E-state index is 13.3. The smallest absolute Gasteiger partial charge is 0.270 e. The van der Waals surface area contributed by atoms with Crippen molar-refractivity contribution in [3.05, 3.63) is 63.6 Å². The van der Waals surface area contributed by atoms with E-state index in [1.54, 1.807) is 6.07 Å². The van der Waals surface area contributed by atoms with Gasteiger partial charge in [-0.2, -0.15) is 0 Å². The number of carbonyl (C=O) groups is 1. The highest BCUT2D eigenvalue weighted by Crippen LogP contribution is 2.20. The Hall–Kier alpha value is -1.69. The van der Waals surface area contributed by atoms with Crippen LogP contribution in [0, 0.1) is 5.82 Å². The molecule has 0 bridgehead atoms. The van der Waals surface area contributed by atoms with Crippen molar-refractivity contribution in [3.8, 4) is 0 Å². The minimum absolute atomic E-state index is 0.0295. The highest BCUT2D eigenvalue weighted by molar-refractivity contribution is 6.31. The summed E-state index contributed by atoms with van der Waals surface area (Å²) in [6.07, 6.45) is 0.349. The Balaban J connectivity index is 1.99. The number of aromatic nitrogens is 1. The number of aliphatic hydroxyl groups is 1. The molecular formula is C14H11Cl2FN2O2. The van der Waals surface area contributed by atoms with Gasteiger partial charge in [0.05, 0.1) is 11.1 Å². The summed E-state index contributed by atoms with van der Waals surface area (Å²) in [4.78, 5) is 15.7. The van der Waals surface area contributed by atoms with E-state index in [1.807, 2.05) is 0 Å². The van der Waals surface area contributed by atoms with E-state index in [0.29, 0.717) is 10.6 Å². The molecule has 0 aliphatic rings. The van der Waals surface area contributed by atoms with Crippen LogP contribution in [0.5, 0.6) is 0 Å². The average Bonchev–Trinajstić information content (AvgIpc) is 2.47. The zero-order chi connectivity index (χ0) is 15.4. The Morgan fingerprint density at radius 1 is 1.33 bits per heavy atom. The highest BCUT2D eigenvalue weighted by atomic mass is 35.5. The summed E-state index contributed by atoms with van der Waals surface area (Å²) in [5.41, 5.74) is 0.452. The molecule has 0 aliphatic carbocycles. The second-order valence-corrected chi connectivity index (χ2v) is 5.10. The average molecular weight is 329 g/mol. The molecule has 21 heavy (non-hydrogen) atoms. The lowest BCUT2D eigenvalue weighted by Crippen LogP contribution is -2.29. The molecule has 0 saturated carbocycles. The van der Waals surface area contributed by atoms with Crippen LogP contribution in [0.25, 0.3) is 0 Å². The fourth-order valence-corrected chi connectivity index (χ4v) is 1.92. The number of pyridine rings is 1. The van der Waals surface area contributed by atoms with Gasteiger partial charge in [0.25, 0.3) is 5.91 Å². The molecule has 1 aromatic heterocycles. The Morgan fingerprint density at radius 2 is 2.10 bits per heavy atom. The van der Waals surface area contributed by atoms with E-state index in [-0.39, 0.29) is 17.3 Å². The van der Waals surface area contributed by atoms with Crippen LogP contribution in [0.4, 0.5) is 4.39 Å². The van der Waals surface area contributed by atoms with Crippen LogP contribution in [0.3, 0.4) is 0 Å². The second-order valence-electron chi connectivity index (χ2n) is 4.26. The number of amides is 1. The van der Waals surface area contributed by atoms with Gasteiger partial charge in [0.15, 0.2) is 0 Å². The third-order valence-electron chi connectivity index (χ3n) is 2.74. The van der Waals surface area contributed by atoms with Gasteiger partial charge < -0.3 is 10.4 Å². The Labute approximate surface area is 130 Å². The van der Waals surface area contributed by atoms with Crippen molar-refractivity contribution in [1.82, 2.24) is 10.3 Å². The van der Waals surface area contributed by atoms with Crippen LogP contribution in [-0.4, -0.2) is 22.5 Å². The zero-order valence-corrected chi connectivity index (χ0v) is 12.2. The summed E-state index contributed by atoms with van der Waals surface area (Å²) < 4.78 is 13.3. The molecule has 0 radical (unpaired) electrons. The van der Waals surface area contributed by atoms with Gasteiger partial charge in [-0.15, -0.1) is 0 Å². The lowest BCUT2D eigenvalue weighted by Gasteiger charge is -2.12. The molecule has 0 saturated heterocycles. The van der Waals surface area contributed by atoms with Gasteiger partial charge >= 0.3 is 0 Å². The minimum Gasteiger partial charge on any atom is -0.387 e. The number of halogens is 3. The maximum Gasteiger partial charge on any atom is 0.270 e. The fraction of sp³-hybridized carbons (Fsp3) is 0.143. The van der Waals surface area contributed by atoms with E-state index < -0.39 is 17.8 Å². The van der Waals surface area contributed by atoms with E-state index in [0.717, 1.165) is 6.07 Å². The number of hydrogen-bond donors (Lipinski definition) is 2. The highest BCUT2D eigenvalue weighted by Gasteiger charge is 2.13. The first-order chi connectivity index (χ1) is 9.97. The largest absolute Gasteiger partial charge is 0.387 e. The molecule has 1 unspecified atom stereocenters. The van der Waals surface area contributed by atoms with Crippen molar-refractivity contribution in [2.75, 3.05) is 6.54 Å². The number of carbonyl (C=O) groups excluding carboxylic acids is 1. The first kappa shape index (κ1) is 15.7. The Morgan fingerprint density at radius 3 is 2.76 bits per heavy atom. The van der Waals surface area contributed by atoms with Crippen molar-refractivity contribution in [2.45, 2.75) is 6.10 Å². The van der Waals surface area contributed by atoms with Crippen LogP contribution in [0.2, 0.25) is 10.0 Å². The Bertz CT molecular complexity index is 667. The molecule has 1 heterocycles. The molecule has 1 amide bonds. The van der Waals surface area contributed by atoms with Crippen molar-refractivity contribution >= 4 is 29.1 Å². The summed E-state index contributed by atoms with van der Waals surface area (Å²) in [5, 5.41) is 12.8. The molecule has 1 atom stereocenters. The molecule has 2 N–H and O–H groups in total. The summed E-state index contributed by atoms with van der Waals surface area (Å²) in [7, 11) is 0. The molecule has 0 fully saturated rings. The SMILES string of the molecule is O=C(NCC(O)c1ccc(Cl)c(F)c1)c1cc(Cl)ccn1. The molecule has 2 rings (SSSR count). The van der Waals surface area contributed by atoms with Gasteiger partial charge in [0, 0.05) is 17.8 Å². The zero-order valence-electron chi connectivity index (χ0n) is 10.7. The van der Waals surface area contributed by atoms with Crippen LogP contribution in [0.1, 0.15) is 22.2 Å². The van der Waals surface area contributed by atoms with Gasteiger partial charge in [0.2, 0.25) is 0 Å². The normalized spacial score (nSPS) is 12.0. The van der Waals surface area contributed by atoms with E-state index in [2.05, 4.69) is 10.3 Å². The monoisotopic (exact) mass is 328 g/mol. The van der Waals surface area contributed by atoms with Crippen molar-refractivity contribution in [3.63, 3.8) is 0 Å². The number of nitrogens with one attached hydrogen (secondary N) is 1. The number of nitrogens with zero attached hydrogens (tertiary/aromatic N) is 1. The molecule has 110 valence electrons. The fourth-order valence-electron chi connectivity index (χ4n) is 1.65. The van der Waals surface area contributed by atoms with Gasteiger partial charge in [-0.1, -0.05) is 29.3 Å². The van der Waals surface area contributed by atoms with Crippen molar-refractivity contribution in [1.29, 1.82) is 0 Å². The standard InChI is InChI=1S/C14H11Cl2FN2O2/c15-9-3-4-18-12(6-9)14(21)19-7-13(20)8-1-2-10(16)11(17)5-8/h1-6,13,20H,7H2,(H,19,21). The molecule has 7 heteroatoms. The summed E-state index contributed by atoms with van der Waals surface area (Å²) in [6, 6.07) is 6.90. The van der Waals surface area contributed by atoms with Gasteiger partial charge in [0.1, 0.15) is 11.5 Å². The number of rotatable bonds is 4. The van der Waals surface area contributed by atoms with Crippen molar-refractivity contribution < 1.29 is 14.3 Å². The van der Waals surface area contributed by atoms with E-state index in [4.69, 9.17) is 23.2 Å². The van der Waals surface area contributed by atoms with Crippen LogP contribution < -0.4 is 5.32 Å². The third-order valence-corrected chi connectivity index (χ3v) is 3.28. The first-order valence-electron chi connectivity index (χ1n) is 6.00. The molecule has 2 aromatic rings. The third kappa shape index (κ3) is 4.14. The lowest BCUT2D eigenvalue weighted by molar-refractivity contribution is 0.0911. The topological polar surface area (TPSA) is 62.2 Å². The summed E-state index contributed by atoms with van der Waals surface area (Å²) in [6.45, 7) is -0.0892. The predicted octanol–water partition coefficient (Wildman–Crippen LogP) is 2.99. The van der Waals surface area contributed by atoms with E-state index >= 15 is 0 Å². The Kier molecular flexibility index (Phi) is 5.12. The van der Waals surface area contributed by atoms with Crippen LogP contribution >= 0.6 is 23.2 Å². The van der Waals surface area contributed by atoms with Gasteiger partial charge in [-0.3, -0.25) is 9.78 Å². The second kappa shape index (κ2) is 6.85. The molecule has 0 spiro atoms. The van der Waals surface area contributed by atoms with E-state index in [1.165, 1.54) is 24.4 Å². The number of benzene rings is 1. The molecule has 4 nitrogen and oxygen atoms in total. The molecule has 1 aromatic carbocycles. The number of hydrogen-bond acceptors (Lipinski definition) is 3.